The third kappa shape index (κ3) is 3.73. The highest BCUT2D eigenvalue weighted by atomic mass is 35.5. The van der Waals surface area contributed by atoms with Crippen LogP contribution in [0.2, 0.25) is 0 Å². The molecule has 1 saturated carbocycles. The Morgan fingerprint density at radius 1 is 1.26 bits per heavy atom. The zero-order chi connectivity index (χ0) is 13.7. The first-order valence-electron chi connectivity index (χ1n) is 7.13. The molecule has 3 heteroatoms. The summed E-state index contributed by atoms with van der Waals surface area (Å²) in [6, 6.07) is 8.14. The first-order chi connectivity index (χ1) is 9.22. The normalized spacial score (nSPS) is 18.0. The predicted octanol–water partition coefficient (Wildman–Crippen LogP) is 4.58. The largest absolute Gasteiger partial charge is 0.465 e. The molecule has 1 aliphatic rings. The van der Waals surface area contributed by atoms with Crippen molar-refractivity contribution in [2.75, 3.05) is 6.61 Å². The fourth-order valence-corrected chi connectivity index (χ4v) is 2.93. The fraction of sp³-hybridized carbons (Fsp3) is 0.562. The maximum absolute atomic E-state index is 11.6. The molecular formula is C16H21ClO2. The highest BCUT2D eigenvalue weighted by molar-refractivity contribution is 6.29. The Balaban J connectivity index is 2.03. The van der Waals surface area contributed by atoms with E-state index in [4.69, 9.17) is 16.3 Å². The molecular weight excluding hydrogens is 260 g/mol. The van der Waals surface area contributed by atoms with Gasteiger partial charge in [0.25, 0.3) is 0 Å². The van der Waals surface area contributed by atoms with Crippen LogP contribution in [0.5, 0.6) is 0 Å². The van der Waals surface area contributed by atoms with Gasteiger partial charge in [0.15, 0.2) is 5.38 Å². The van der Waals surface area contributed by atoms with Crippen molar-refractivity contribution < 1.29 is 9.53 Å². The van der Waals surface area contributed by atoms with E-state index in [1.54, 1.807) is 6.92 Å². The number of esters is 1. The van der Waals surface area contributed by atoms with Crippen molar-refractivity contribution in [2.24, 2.45) is 0 Å². The summed E-state index contributed by atoms with van der Waals surface area (Å²) in [5, 5.41) is -0.694. The number of benzene rings is 1. The van der Waals surface area contributed by atoms with Crippen LogP contribution in [0.25, 0.3) is 0 Å². The molecule has 1 aromatic rings. The first kappa shape index (κ1) is 14.4. The number of carbonyl (C=O) groups is 1. The first-order valence-corrected chi connectivity index (χ1v) is 7.56. The smallest absolute Gasteiger partial charge is 0.328 e. The van der Waals surface area contributed by atoms with Gasteiger partial charge in [0.1, 0.15) is 0 Å². The van der Waals surface area contributed by atoms with Crippen LogP contribution in [-0.2, 0) is 9.53 Å². The van der Waals surface area contributed by atoms with Crippen molar-refractivity contribution in [1.82, 2.24) is 0 Å². The van der Waals surface area contributed by atoms with Gasteiger partial charge in [-0.1, -0.05) is 43.5 Å². The van der Waals surface area contributed by atoms with E-state index >= 15 is 0 Å². The molecule has 0 bridgehead atoms. The van der Waals surface area contributed by atoms with Gasteiger partial charge in [0.05, 0.1) is 6.61 Å². The van der Waals surface area contributed by atoms with Crippen LogP contribution in [-0.4, -0.2) is 12.6 Å². The van der Waals surface area contributed by atoms with Gasteiger partial charge in [0, 0.05) is 0 Å². The summed E-state index contributed by atoms with van der Waals surface area (Å²) in [5.41, 5.74) is 2.19. The summed E-state index contributed by atoms with van der Waals surface area (Å²) >= 11 is 6.10. The van der Waals surface area contributed by atoms with Crippen molar-refractivity contribution in [3.05, 3.63) is 35.4 Å². The van der Waals surface area contributed by atoms with Crippen molar-refractivity contribution in [3.8, 4) is 0 Å². The van der Waals surface area contributed by atoms with Crippen LogP contribution < -0.4 is 0 Å². The third-order valence-electron chi connectivity index (χ3n) is 3.80. The lowest BCUT2D eigenvalue weighted by Gasteiger charge is -2.22. The molecule has 104 valence electrons. The van der Waals surface area contributed by atoms with Gasteiger partial charge in [-0.15, -0.1) is 11.6 Å². The highest BCUT2D eigenvalue weighted by Gasteiger charge is 2.20. The number of rotatable bonds is 4. The van der Waals surface area contributed by atoms with Crippen molar-refractivity contribution in [1.29, 1.82) is 0 Å². The molecule has 0 saturated heterocycles. The maximum atomic E-state index is 11.6. The van der Waals surface area contributed by atoms with E-state index in [0.29, 0.717) is 12.5 Å². The Hall–Kier alpha value is -1.02. The molecule has 1 fully saturated rings. The Kier molecular flexibility index (Phi) is 5.26. The van der Waals surface area contributed by atoms with E-state index < -0.39 is 5.38 Å². The minimum absolute atomic E-state index is 0.363. The molecule has 0 aliphatic heterocycles. The lowest BCUT2D eigenvalue weighted by Crippen LogP contribution is -2.11. The topological polar surface area (TPSA) is 26.3 Å². The van der Waals surface area contributed by atoms with E-state index in [0.717, 1.165) is 5.56 Å². The second kappa shape index (κ2) is 6.95. The number of hydrogen-bond acceptors (Lipinski definition) is 2. The summed E-state index contributed by atoms with van der Waals surface area (Å²) < 4.78 is 4.93. The number of ether oxygens (including phenoxy) is 1. The molecule has 0 N–H and O–H groups in total. The molecule has 0 aromatic heterocycles. The van der Waals surface area contributed by atoms with Gasteiger partial charge in [0.2, 0.25) is 0 Å². The molecule has 1 unspecified atom stereocenters. The average Bonchev–Trinajstić information content (AvgIpc) is 2.48. The summed E-state index contributed by atoms with van der Waals surface area (Å²) in [6.07, 6.45) is 6.57. The number of alkyl halides is 1. The van der Waals surface area contributed by atoms with E-state index in [-0.39, 0.29) is 5.97 Å². The number of hydrogen-bond donors (Lipinski definition) is 0. The minimum atomic E-state index is -0.694. The van der Waals surface area contributed by atoms with Gasteiger partial charge >= 0.3 is 5.97 Å². The van der Waals surface area contributed by atoms with Gasteiger partial charge in [-0.3, -0.25) is 4.79 Å². The van der Waals surface area contributed by atoms with E-state index in [1.165, 1.54) is 37.7 Å². The molecule has 1 aliphatic carbocycles. The van der Waals surface area contributed by atoms with Crippen LogP contribution in [0.15, 0.2) is 24.3 Å². The predicted molar refractivity (Wildman–Crippen MR) is 77.5 cm³/mol. The van der Waals surface area contributed by atoms with Crippen molar-refractivity contribution in [2.45, 2.75) is 50.3 Å². The minimum Gasteiger partial charge on any atom is -0.465 e. The lowest BCUT2D eigenvalue weighted by atomic mass is 9.84. The Morgan fingerprint density at radius 2 is 1.89 bits per heavy atom. The molecule has 2 rings (SSSR count). The quantitative estimate of drug-likeness (QED) is 0.596. The van der Waals surface area contributed by atoms with Gasteiger partial charge in [-0.05, 0) is 36.8 Å². The SMILES string of the molecule is CCOC(=O)C(Cl)c1ccc(C2CCCCC2)cc1. The Labute approximate surface area is 120 Å². The lowest BCUT2D eigenvalue weighted by molar-refractivity contribution is -0.142. The van der Waals surface area contributed by atoms with Gasteiger partial charge < -0.3 is 4.74 Å². The van der Waals surface area contributed by atoms with E-state index in [9.17, 15) is 4.79 Å². The molecule has 0 spiro atoms. The zero-order valence-electron chi connectivity index (χ0n) is 11.4. The van der Waals surface area contributed by atoms with Crippen molar-refractivity contribution in [3.63, 3.8) is 0 Å². The fourth-order valence-electron chi connectivity index (χ4n) is 2.72. The summed E-state index contributed by atoms with van der Waals surface area (Å²) in [6.45, 7) is 2.15. The molecule has 0 amide bonds. The summed E-state index contributed by atoms with van der Waals surface area (Å²) in [5.74, 6) is 0.314. The van der Waals surface area contributed by atoms with E-state index in [1.807, 2.05) is 12.1 Å². The summed E-state index contributed by atoms with van der Waals surface area (Å²) in [7, 11) is 0. The van der Waals surface area contributed by atoms with Gasteiger partial charge in [-0.2, -0.15) is 0 Å². The number of halogens is 1. The van der Waals surface area contributed by atoms with Crippen LogP contribution in [0.3, 0.4) is 0 Å². The highest BCUT2D eigenvalue weighted by Crippen LogP contribution is 2.33. The molecule has 0 radical (unpaired) electrons. The zero-order valence-corrected chi connectivity index (χ0v) is 12.2. The second-order valence-electron chi connectivity index (χ2n) is 5.12. The Bertz CT molecular complexity index is 407. The summed E-state index contributed by atoms with van der Waals surface area (Å²) in [4.78, 5) is 11.6. The molecule has 19 heavy (non-hydrogen) atoms. The molecule has 1 aromatic carbocycles. The van der Waals surface area contributed by atoms with Crippen LogP contribution in [0.4, 0.5) is 0 Å². The molecule has 0 heterocycles. The number of carbonyl (C=O) groups excluding carboxylic acids is 1. The molecule has 2 nitrogen and oxygen atoms in total. The van der Waals surface area contributed by atoms with E-state index in [2.05, 4.69) is 12.1 Å². The monoisotopic (exact) mass is 280 g/mol. The van der Waals surface area contributed by atoms with Crippen molar-refractivity contribution >= 4 is 17.6 Å². The van der Waals surface area contributed by atoms with Crippen LogP contribution in [0.1, 0.15) is 61.4 Å². The second-order valence-corrected chi connectivity index (χ2v) is 5.55. The average molecular weight is 281 g/mol. The van der Waals surface area contributed by atoms with Gasteiger partial charge in [-0.25, -0.2) is 0 Å². The maximum Gasteiger partial charge on any atom is 0.328 e. The third-order valence-corrected chi connectivity index (χ3v) is 4.23. The molecule has 1 atom stereocenters. The van der Waals surface area contributed by atoms with Crippen LogP contribution >= 0.6 is 11.6 Å². The standard InChI is InChI=1S/C16H21ClO2/c1-2-19-16(18)15(17)14-10-8-13(9-11-14)12-6-4-3-5-7-12/h8-12,15H,2-7H2,1H3. The van der Waals surface area contributed by atoms with Crippen LogP contribution in [0, 0.1) is 0 Å². The Morgan fingerprint density at radius 3 is 2.47 bits per heavy atom.